The van der Waals surface area contributed by atoms with Gasteiger partial charge in [0.25, 0.3) is 0 Å². The van der Waals surface area contributed by atoms with Crippen molar-refractivity contribution in [2.24, 2.45) is 5.92 Å². The molecule has 2 aromatic rings. The lowest BCUT2D eigenvalue weighted by molar-refractivity contribution is 0.00553. The Morgan fingerprint density at radius 1 is 0.903 bits per heavy atom. The normalized spacial score (nSPS) is 13.6. The highest BCUT2D eigenvalue weighted by Crippen LogP contribution is 2.33. The monoisotopic (exact) mass is 431 g/mol. The number of benzene rings is 2. The van der Waals surface area contributed by atoms with E-state index in [-0.39, 0.29) is 6.79 Å². The molecule has 1 N–H and O–H groups in total. The second kappa shape index (κ2) is 11.2. The Morgan fingerprint density at radius 3 is 2.29 bits per heavy atom. The van der Waals surface area contributed by atoms with Crippen LogP contribution in [-0.4, -0.2) is 56.9 Å². The van der Waals surface area contributed by atoms with Gasteiger partial charge in [0.2, 0.25) is 6.79 Å². The van der Waals surface area contributed by atoms with Gasteiger partial charge in [0.1, 0.15) is 0 Å². The topological polar surface area (TPSA) is 69.6 Å². The van der Waals surface area contributed by atoms with Crippen molar-refractivity contribution in [1.82, 2.24) is 4.90 Å². The maximum atomic E-state index is 10.6. The fraction of sp³-hybridized carbons (Fsp3) is 0.500. The van der Waals surface area contributed by atoms with Crippen molar-refractivity contribution in [3.05, 3.63) is 47.5 Å². The maximum absolute atomic E-state index is 10.6. The summed E-state index contributed by atoms with van der Waals surface area (Å²) in [7, 11) is 3.25. The number of rotatable bonds is 12. The Kier molecular flexibility index (Phi) is 8.40. The molecule has 0 saturated heterocycles. The molecule has 0 spiro atoms. The van der Waals surface area contributed by atoms with E-state index in [0.29, 0.717) is 50.3 Å². The summed E-state index contributed by atoms with van der Waals surface area (Å²) in [6.07, 6.45) is -0.590. The summed E-state index contributed by atoms with van der Waals surface area (Å²) in [4.78, 5) is 2.18. The predicted octanol–water partition coefficient (Wildman–Crippen LogP) is 3.47. The predicted molar refractivity (Wildman–Crippen MR) is 118 cm³/mol. The largest absolute Gasteiger partial charge is 0.493 e. The molecule has 170 valence electrons. The van der Waals surface area contributed by atoms with E-state index in [4.69, 9.17) is 23.7 Å². The Balaban J connectivity index is 1.72. The van der Waals surface area contributed by atoms with Crippen LogP contribution in [-0.2, 0) is 17.8 Å². The van der Waals surface area contributed by atoms with E-state index in [0.717, 1.165) is 22.6 Å². The van der Waals surface area contributed by atoms with E-state index in [1.54, 1.807) is 14.2 Å². The van der Waals surface area contributed by atoms with Crippen LogP contribution in [0.2, 0.25) is 0 Å². The molecular weight excluding hydrogens is 398 g/mol. The molecule has 3 rings (SSSR count). The number of ether oxygens (including phenoxy) is 5. The quantitative estimate of drug-likeness (QED) is 0.552. The lowest BCUT2D eigenvalue weighted by Gasteiger charge is -2.26. The lowest BCUT2D eigenvalue weighted by Crippen LogP contribution is -2.34. The minimum atomic E-state index is -0.590. The van der Waals surface area contributed by atoms with Crippen LogP contribution in [0.25, 0.3) is 0 Å². The van der Waals surface area contributed by atoms with Crippen molar-refractivity contribution >= 4 is 0 Å². The summed E-state index contributed by atoms with van der Waals surface area (Å²) in [5.41, 5.74) is 2.15. The van der Waals surface area contributed by atoms with Crippen molar-refractivity contribution in [2.45, 2.75) is 33.0 Å². The van der Waals surface area contributed by atoms with Crippen molar-refractivity contribution in [2.75, 3.05) is 40.8 Å². The van der Waals surface area contributed by atoms with E-state index in [9.17, 15) is 5.11 Å². The van der Waals surface area contributed by atoms with Crippen LogP contribution in [0, 0.1) is 5.92 Å². The average Bonchev–Trinajstić information content (AvgIpc) is 3.21. The van der Waals surface area contributed by atoms with Crippen molar-refractivity contribution < 1.29 is 28.8 Å². The Morgan fingerprint density at radius 2 is 1.58 bits per heavy atom. The number of aliphatic hydroxyl groups is 1. The van der Waals surface area contributed by atoms with Crippen molar-refractivity contribution in [3.63, 3.8) is 0 Å². The van der Waals surface area contributed by atoms with E-state index in [1.165, 1.54) is 0 Å². The van der Waals surface area contributed by atoms with Gasteiger partial charge in [0, 0.05) is 26.2 Å². The second-order valence-electron chi connectivity index (χ2n) is 8.13. The highest BCUT2D eigenvalue weighted by molar-refractivity contribution is 5.45. The van der Waals surface area contributed by atoms with Crippen LogP contribution < -0.4 is 18.9 Å². The smallest absolute Gasteiger partial charge is 0.231 e. The molecule has 0 bridgehead atoms. The molecule has 7 nitrogen and oxygen atoms in total. The van der Waals surface area contributed by atoms with E-state index in [2.05, 4.69) is 18.7 Å². The van der Waals surface area contributed by atoms with Gasteiger partial charge >= 0.3 is 0 Å². The lowest BCUT2D eigenvalue weighted by atomic mass is 10.1. The minimum absolute atomic E-state index is 0.250. The summed E-state index contributed by atoms with van der Waals surface area (Å²) in [5.74, 6) is 3.32. The van der Waals surface area contributed by atoms with Gasteiger partial charge in [-0.1, -0.05) is 26.0 Å². The summed E-state index contributed by atoms with van der Waals surface area (Å²) >= 11 is 0. The van der Waals surface area contributed by atoms with Crippen LogP contribution in [0.1, 0.15) is 25.0 Å². The highest BCUT2D eigenvalue weighted by atomic mass is 16.7. The van der Waals surface area contributed by atoms with Gasteiger partial charge in [-0.3, -0.25) is 4.90 Å². The highest BCUT2D eigenvalue weighted by Gasteiger charge is 2.18. The first-order valence-electron chi connectivity index (χ1n) is 10.6. The molecule has 0 fully saturated rings. The summed E-state index contributed by atoms with van der Waals surface area (Å²) in [5, 5.41) is 10.6. The number of hydrogen-bond acceptors (Lipinski definition) is 7. The zero-order valence-electron chi connectivity index (χ0n) is 18.8. The van der Waals surface area contributed by atoms with Gasteiger partial charge in [0.05, 0.1) is 26.9 Å². The van der Waals surface area contributed by atoms with Gasteiger partial charge in [0.15, 0.2) is 23.0 Å². The van der Waals surface area contributed by atoms with Gasteiger partial charge < -0.3 is 28.8 Å². The molecule has 1 unspecified atom stereocenters. The Labute approximate surface area is 184 Å². The fourth-order valence-electron chi connectivity index (χ4n) is 3.51. The second-order valence-corrected chi connectivity index (χ2v) is 8.13. The molecule has 7 heteroatoms. The molecule has 1 aliphatic heterocycles. The van der Waals surface area contributed by atoms with Gasteiger partial charge in [-0.15, -0.1) is 0 Å². The van der Waals surface area contributed by atoms with Crippen molar-refractivity contribution in [3.8, 4) is 23.0 Å². The Bertz CT molecular complexity index is 841. The molecular formula is C24H33NO6. The fourth-order valence-corrected chi connectivity index (χ4v) is 3.51. The molecule has 1 aliphatic rings. The SMILES string of the molecule is COc1ccc(CN(Cc2ccc3c(c2)OCO3)CC(O)COCC(C)C)cc1OC. The molecule has 1 heterocycles. The first kappa shape index (κ1) is 23.2. The Hall–Kier alpha value is -2.48. The van der Waals surface area contributed by atoms with E-state index < -0.39 is 6.10 Å². The first-order valence-corrected chi connectivity index (χ1v) is 10.6. The maximum Gasteiger partial charge on any atom is 0.231 e. The minimum Gasteiger partial charge on any atom is -0.493 e. The number of aliphatic hydroxyl groups excluding tert-OH is 1. The first-order chi connectivity index (χ1) is 15.0. The molecule has 0 amide bonds. The van der Waals surface area contributed by atoms with Gasteiger partial charge in [-0.25, -0.2) is 0 Å². The van der Waals surface area contributed by atoms with Gasteiger partial charge in [-0.2, -0.15) is 0 Å². The third kappa shape index (κ3) is 6.75. The summed E-state index contributed by atoms with van der Waals surface area (Å²) < 4.78 is 27.3. The number of hydrogen-bond donors (Lipinski definition) is 1. The molecule has 0 aliphatic carbocycles. The zero-order valence-corrected chi connectivity index (χ0v) is 18.8. The number of fused-ring (bicyclic) bond motifs is 1. The molecule has 0 saturated carbocycles. The number of nitrogens with zero attached hydrogens (tertiary/aromatic N) is 1. The average molecular weight is 432 g/mol. The standard InChI is InChI=1S/C24H33NO6/c1-17(2)14-29-15-20(26)13-25(11-18-5-7-21(27-3)23(9-18)28-4)12-19-6-8-22-24(10-19)31-16-30-22/h5-10,17,20,26H,11-16H2,1-4H3. The van der Waals surface area contributed by atoms with E-state index >= 15 is 0 Å². The molecule has 0 aromatic heterocycles. The zero-order chi connectivity index (χ0) is 22.2. The van der Waals surface area contributed by atoms with Gasteiger partial charge in [-0.05, 0) is 41.3 Å². The molecule has 0 radical (unpaired) electrons. The van der Waals surface area contributed by atoms with E-state index in [1.807, 2.05) is 36.4 Å². The van der Waals surface area contributed by atoms with Crippen LogP contribution in [0.3, 0.4) is 0 Å². The third-order valence-electron chi connectivity index (χ3n) is 4.93. The van der Waals surface area contributed by atoms with Crippen molar-refractivity contribution in [1.29, 1.82) is 0 Å². The van der Waals surface area contributed by atoms with Crippen LogP contribution in [0.4, 0.5) is 0 Å². The van der Waals surface area contributed by atoms with Crippen LogP contribution >= 0.6 is 0 Å². The molecule has 1 atom stereocenters. The van der Waals surface area contributed by atoms with Crippen LogP contribution in [0.5, 0.6) is 23.0 Å². The molecule has 2 aromatic carbocycles. The van der Waals surface area contributed by atoms with Crippen LogP contribution in [0.15, 0.2) is 36.4 Å². The summed E-state index contributed by atoms with van der Waals surface area (Å²) in [6.45, 7) is 7.13. The third-order valence-corrected chi connectivity index (χ3v) is 4.93. The molecule has 31 heavy (non-hydrogen) atoms. The number of methoxy groups -OCH3 is 2. The summed E-state index contributed by atoms with van der Waals surface area (Å²) in [6, 6.07) is 11.8.